The summed E-state index contributed by atoms with van der Waals surface area (Å²) in [6.45, 7) is 0. The SMILES string of the molecule is O=C(Cc1ccccc1)NC(CCl)c1ccccc1. The van der Waals surface area contributed by atoms with Gasteiger partial charge < -0.3 is 5.32 Å². The van der Waals surface area contributed by atoms with Gasteiger partial charge in [0.1, 0.15) is 0 Å². The number of amides is 1. The van der Waals surface area contributed by atoms with Crippen LogP contribution in [0.1, 0.15) is 17.2 Å². The number of hydrogen-bond acceptors (Lipinski definition) is 1. The van der Waals surface area contributed by atoms with E-state index in [1.165, 1.54) is 0 Å². The Kier molecular flexibility index (Phi) is 4.99. The molecule has 0 aliphatic carbocycles. The van der Waals surface area contributed by atoms with Gasteiger partial charge in [-0.15, -0.1) is 11.6 Å². The number of halogens is 1. The molecular formula is C16H16ClNO. The molecule has 2 aromatic rings. The van der Waals surface area contributed by atoms with Crippen LogP contribution >= 0.6 is 11.6 Å². The van der Waals surface area contributed by atoms with Gasteiger partial charge in [0.25, 0.3) is 0 Å². The van der Waals surface area contributed by atoms with Gasteiger partial charge in [-0.25, -0.2) is 0 Å². The Morgan fingerprint density at radius 2 is 1.58 bits per heavy atom. The molecule has 2 nitrogen and oxygen atoms in total. The molecule has 0 aromatic heterocycles. The Morgan fingerprint density at radius 3 is 2.16 bits per heavy atom. The summed E-state index contributed by atoms with van der Waals surface area (Å²) in [5.74, 6) is 0.352. The van der Waals surface area contributed by atoms with Crippen LogP contribution in [0.2, 0.25) is 0 Å². The molecule has 19 heavy (non-hydrogen) atoms. The van der Waals surface area contributed by atoms with Crippen molar-refractivity contribution in [2.75, 3.05) is 5.88 Å². The summed E-state index contributed by atoms with van der Waals surface area (Å²) in [6.07, 6.45) is 0.376. The Hall–Kier alpha value is -1.80. The van der Waals surface area contributed by atoms with Crippen molar-refractivity contribution in [3.05, 3.63) is 71.8 Å². The molecule has 3 heteroatoms. The predicted molar refractivity (Wildman–Crippen MR) is 78.2 cm³/mol. The largest absolute Gasteiger partial charge is 0.348 e. The number of hydrogen-bond donors (Lipinski definition) is 1. The molecule has 0 bridgehead atoms. The van der Waals surface area contributed by atoms with E-state index in [9.17, 15) is 4.79 Å². The second-order valence-corrected chi connectivity index (χ2v) is 4.66. The van der Waals surface area contributed by atoms with Crippen LogP contribution in [0, 0.1) is 0 Å². The first-order chi connectivity index (χ1) is 9.29. The second kappa shape index (κ2) is 6.95. The first-order valence-corrected chi connectivity index (χ1v) is 6.77. The fraction of sp³-hybridized carbons (Fsp3) is 0.188. The fourth-order valence-corrected chi connectivity index (χ4v) is 2.18. The molecule has 98 valence electrons. The smallest absolute Gasteiger partial charge is 0.224 e. The van der Waals surface area contributed by atoms with E-state index in [0.29, 0.717) is 12.3 Å². The summed E-state index contributed by atoms with van der Waals surface area (Å²) < 4.78 is 0. The van der Waals surface area contributed by atoms with Gasteiger partial charge in [-0.1, -0.05) is 60.7 Å². The van der Waals surface area contributed by atoms with Crippen LogP contribution < -0.4 is 5.32 Å². The molecule has 0 spiro atoms. The summed E-state index contributed by atoms with van der Waals surface area (Å²) in [4.78, 5) is 12.0. The molecule has 1 N–H and O–H groups in total. The van der Waals surface area contributed by atoms with Crippen molar-refractivity contribution in [3.8, 4) is 0 Å². The van der Waals surface area contributed by atoms with Crippen LogP contribution in [0.15, 0.2) is 60.7 Å². The second-order valence-electron chi connectivity index (χ2n) is 4.35. The lowest BCUT2D eigenvalue weighted by Gasteiger charge is -2.16. The summed E-state index contributed by atoms with van der Waals surface area (Å²) in [7, 11) is 0. The topological polar surface area (TPSA) is 29.1 Å². The molecule has 0 saturated heterocycles. The predicted octanol–water partition coefficient (Wildman–Crippen LogP) is 3.33. The van der Waals surface area contributed by atoms with E-state index in [2.05, 4.69) is 5.32 Å². The zero-order valence-electron chi connectivity index (χ0n) is 10.6. The maximum atomic E-state index is 12.0. The first kappa shape index (κ1) is 13.6. The molecule has 2 aromatic carbocycles. The molecule has 1 atom stereocenters. The highest BCUT2D eigenvalue weighted by molar-refractivity contribution is 6.18. The third-order valence-corrected chi connectivity index (χ3v) is 3.21. The van der Waals surface area contributed by atoms with Crippen molar-refractivity contribution in [2.24, 2.45) is 0 Å². The minimum Gasteiger partial charge on any atom is -0.348 e. The fourth-order valence-electron chi connectivity index (χ4n) is 1.92. The quantitative estimate of drug-likeness (QED) is 0.832. The Morgan fingerprint density at radius 1 is 1.00 bits per heavy atom. The van der Waals surface area contributed by atoms with Crippen LogP contribution in [0.4, 0.5) is 0 Å². The van der Waals surface area contributed by atoms with Crippen molar-refractivity contribution < 1.29 is 4.79 Å². The van der Waals surface area contributed by atoms with Gasteiger partial charge >= 0.3 is 0 Å². The maximum absolute atomic E-state index is 12.0. The highest BCUT2D eigenvalue weighted by Gasteiger charge is 2.13. The normalized spacial score (nSPS) is 11.8. The number of carbonyl (C=O) groups excluding carboxylic acids is 1. The van der Waals surface area contributed by atoms with E-state index in [4.69, 9.17) is 11.6 Å². The number of benzene rings is 2. The molecule has 1 unspecified atom stereocenters. The van der Waals surface area contributed by atoms with E-state index in [1.54, 1.807) is 0 Å². The van der Waals surface area contributed by atoms with E-state index >= 15 is 0 Å². The minimum atomic E-state index is -0.140. The van der Waals surface area contributed by atoms with Crippen molar-refractivity contribution in [1.82, 2.24) is 5.32 Å². The lowest BCUT2D eigenvalue weighted by atomic mass is 10.1. The highest BCUT2D eigenvalue weighted by atomic mass is 35.5. The van der Waals surface area contributed by atoms with Crippen molar-refractivity contribution in [3.63, 3.8) is 0 Å². The molecule has 0 fully saturated rings. The third-order valence-electron chi connectivity index (χ3n) is 2.90. The van der Waals surface area contributed by atoms with Crippen LogP contribution in [0.3, 0.4) is 0 Å². The summed E-state index contributed by atoms with van der Waals surface area (Å²) in [6, 6.07) is 19.3. The van der Waals surface area contributed by atoms with Gasteiger partial charge in [0, 0.05) is 5.88 Å². The molecule has 2 rings (SSSR count). The van der Waals surface area contributed by atoms with E-state index in [1.807, 2.05) is 60.7 Å². The minimum absolute atomic E-state index is 0.0132. The molecule has 1 amide bonds. The number of alkyl halides is 1. The maximum Gasteiger partial charge on any atom is 0.224 e. The monoisotopic (exact) mass is 273 g/mol. The van der Waals surface area contributed by atoms with Crippen molar-refractivity contribution in [2.45, 2.75) is 12.5 Å². The van der Waals surface area contributed by atoms with Crippen molar-refractivity contribution >= 4 is 17.5 Å². The molecule has 0 radical (unpaired) electrons. The third kappa shape index (κ3) is 4.11. The van der Waals surface area contributed by atoms with Crippen LogP contribution in [-0.2, 0) is 11.2 Å². The number of nitrogens with one attached hydrogen (secondary N) is 1. The lowest BCUT2D eigenvalue weighted by molar-refractivity contribution is -0.121. The van der Waals surface area contributed by atoms with Crippen LogP contribution in [-0.4, -0.2) is 11.8 Å². The number of rotatable bonds is 5. The Balaban J connectivity index is 1.97. The van der Waals surface area contributed by atoms with Gasteiger partial charge in [0.05, 0.1) is 12.5 Å². The van der Waals surface area contributed by atoms with Crippen LogP contribution in [0.5, 0.6) is 0 Å². The molecular weight excluding hydrogens is 258 g/mol. The molecule has 0 aliphatic heterocycles. The lowest BCUT2D eigenvalue weighted by Crippen LogP contribution is -2.30. The number of carbonyl (C=O) groups is 1. The van der Waals surface area contributed by atoms with Gasteiger partial charge in [-0.3, -0.25) is 4.79 Å². The highest BCUT2D eigenvalue weighted by Crippen LogP contribution is 2.14. The average Bonchev–Trinajstić information content (AvgIpc) is 2.47. The van der Waals surface area contributed by atoms with E-state index < -0.39 is 0 Å². The van der Waals surface area contributed by atoms with E-state index in [-0.39, 0.29) is 11.9 Å². The van der Waals surface area contributed by atoms with Crippen LogP contribution in [0.25, 0.3) is 0 Å². The average molecular weight is 274 g/mol. The van der Waals surface area contributed by atoms with Gasteiger partial charge in [0.15, 0.2) is 0 Å². The molecule has 0 saturated carbocycles. The van der Waals surface area contributed by atoms with Gasteiger partial charge in [-0.05, 0) is 11.1 Å². The Labute approximate surface area is 118 Å². The first-order valence-electron chi connectivity index (χ1n) is 6.24. The summed E-state index contributed by atoms with van der Waals surface area (Å²) in [5, 5.41) is 2.96. The van der Waals surface area contributed by atoms with E-state index in [0.717, 1.165) is 11.1 Å². The zero-order chi connectivity index (χ0) is 13.5. The van der Waals surface area contributed by atoms with Gasteiger partial charge in [-0.2, -0.15) is 0 Å². The molecule has 0 heterocycles. The molecule has 0 aliphatic rings. The van der Waals surface area contributed by atoms with Crippen molar-refractivity contribution in [1.29, 1.82) is 0 Å². The Bertz CT molecular complexity index is 513. The summed E-state index contributed by atoms with van der Waals surface area (Å²) in [5.41, 5.74) is 2.03. The summed E-state index contributed by atoms with van der Waals surface area (Å²) >= 11 is 5.93. The van der Waals surface area contributed by atoms with Gasteiger partial charge in [0.2, 0.25) is 5.91 Å². The zero-order valence-corrected chi connectivity index (χ0v) is 11.3. The standard InChI is InChI=1S/C16H16ClNO/c17-12-15(14-9-5-2-6-10-14)18-16(19)11-13-7-3-1-4-8-13/h1-10,15H,11-12H2,(H,18,19).